The molecule has 3 aromatic rings. The average Bonchev–Trinajstić information content (AvgIpc) is 3.47. The molecule has 4 rings (SSSR count). The van der Waals surface area contributed by atoms with Crippen molar-refractivity contribution >= 4 is 22.9 Å². The van der Waals surface area contributed by atoms with Crippen LogP contribution in [0.25, 0.3) is 10.9 Å². The van der Waals surface area contributed by atoms with E-state index in [9.17, 15) is 9.59 Å². The number of carbonyl (C=O) groups excluding carboxylic acids is 2. The molecule has 0 saturated carbocycles. The number of likely N-dealkylation sites (tertiary alicyclic amines) is 1. The zero-order chi connectivity index (χ0) is 27.7. The highest BCUT2D eigenvalue weighted by atomic mass is 16.6. The van der Waals surface area contributed by atoms with Gasteiger partial charge in [-0.2, -0.15) is 5.10 Å². The van der Waals surface area contributed by atoms with Gasteiger partial charge in [0.2, 0.25) is 0 Å². The first-order valence-electron chi connectivity index (χ1n) is 13.4. The standard InChI is InChI=1S/C29H41N5O4/c1-28(2,3)34-25(19-11-14-33(15-12-19)27(36)38-29(4,5)6)23(18-32-34)26(35)30-13-10-20-17-31-24-9-8-21(37-7)16-22(20)24/h8-9,16-19,31H,10-15H2,1-7H3,(H,30,35). The fourth-order valence-electron chi connectivity index (χ4n) is 5.02. The number of aromatic nitrogens is 3. The van der Waals surface area contributed by atoms with Crippen LogP contribution in [0.3, 0.4) is 0 Å². The summed E-state index contributed by atoms with van der Waals surface area (Å²) in [5.41, 5.74) is 2.91. The van der Waals surface area contributed by atoms with Gasteiger partial charge in [-0.1, -0.05) is 0 Å². The van der Waals surface area contributed by atoms with Gasteiger partial charge < -0.3 is 24.7 Å². The maximum atomic E-state index is 13.4. The molecule has 2 N–H and O–H groups in total. The molecule has 0 spiro atoms. The molecule has 1 aliphatic heterocycles. The molecular weight excluding hydrogens is 482 g/mol. The predicted molar refractivity (Wildman–Crippen MR) is 148 cm³/mol. The van der Waals surface area contributed by atoms with Crippen molar-refractivity contribution in [1.82, 2.24) is 25.0 Å². The second kappa shape index (κ2) is 10.7. The SMILES string of the molecule is COc1ccc2[nH]cc(CCNC(=O)c3cnn(C(C)(C)C)c3C3CCN(C(=O)OC(C)(C)C)CC3)c2c1. The molecule has 1 aromatic carbocycles. The van der Waals surface area contributed by atoms with E-state index in [1.54, 1.807) is 18.2 Å². The average molecular weight is 524 g/mol. The van der Waals surface area contributed by atoms with Crippen molar-refractivity contribution in [2.45, 2.75) is 77.9 Å². The Kier molecular flexibility index (Phi) is 7.76. The summed E-state index contributed by atoms with van der Waals surface area (Å²) in [6, 6.07) is 5.94. The summed E-state index contributed by atoms with van der Waals surface area (Å²) in [5.74, 6) is 0.805. The fraction of sp³-hybridized carbons (Fsp3) is 0.552. The van der Waals surface area contributed by atoms with Gasteiger partial charge in [0.1, 0.15) is 11.4 Å². The van der Waals surface area contributed by atoms with E-state index >= 15 is 0 Å². The van der Waals surface area contributed by atoms with Crippen molar-refractivity contribution in [2.24, 2.45) is 0 Å². The lowest BCUT2D eigenvalue weighted by molar-refractivity contribution is 0.0201. The molecule has 1 fully saturated rings. The number of nitrogens with zero attached hydrogens (tertiary/aromatic N) is 3. The molecule has 0 unspecified atom stereocenters. The molecule has 2 amide bonds. The van der Waals surface area contributed by atoms with Crippen molar-refractivity contribution in [1.29, 1.82) is 0 Å². The Hall–Kier alpha value is -3.49. The van der Waals surface area contributed by atoms with Crippen molar-refractivity contribution in [3.63, 3.8) is 0 Å². The third-order valence-corrected chi connectivity index (χ3v) is 6.87. The lowest BCUT2D eigenvalue weighted by Gasteiger charge is -2.35. The number of ether oxygens (including phenoxy) is 2. The van der Waals surface area contributed by atoms with Gasteiger partial charge >= 0.3 is 6.09 Å². The summed E-state index contributed by atoms with van der Waals surface area (Å²) in [6.45, 7) is 13.6. The van der Waals surface area contributed by atoms with Gasteiger partial charge in [0.25, 0.3) is 5.91 Å². The molecule has 0 aliphatic carbocycles. The number of H-pyrrole nitrogens is 1. The number of nitrogens with one attached hydrogen (secondary N) is 2. The number of piperidine rings is 1. The summed E-state index contributed by atoms with van der Waals surface area (Å²) in [7, 11) is 1.66. The van der Waals surface area contributed by atoms with Crippen molar-refractivity contribution in [3.05, 3.63) is 47.4 Å². The molecule has 38 heavy (non-hydrogen) atoms. The summed E-state index contributed by atoms with van der Waals surface area (Å²) >= 11 is 0. The Morgan fingerprint density at radius 1 is 1.13 bits per heavy atom. The molecule has 0 bridgehead atoms. The summed E-state index contributed by atoms with van der Waals surface area (Å²) in [5, 5.41) is 8.84. The van der Waals surface area contributed by atoms with Crippen LogP contribution in [0.15, 0.2) is 30.6 Å². The minimum Gasteiger partial charge on any atom is -0.497 e. The molecule has 206 valence electrons. The smallest absolute Gasteiger partial charge is 0.410 e. The molecule has 9 heteroatoms. The predicted octanol–water partition coefficient (Wildman–Crippen LogP) is 5.22. The van der Waals surface area contributed by atoms with E-state index in [1.165, 1.54) is 0 Å². The number of carbonyl (C=O) groups is 2. The van der Waals surface area contributed by atoms with Gasteiger partial charge in [0, 0.05) is 42.7 Å². The quantitative estimate of drug-likeness (QED) is 0.462. The number of aromatic amines is 1. The third-order valence-electron chi connectivity index (χ3n) is 6.87. The van der Waals surface area contributed by atoms with Crippen LogP contribution in [0.5, 0.6) is 5.75 Å². The van der Waals surface area contributed by atoms with Gasteiger partial charge in [-0.15, -0.1) is 0 Å². The fourth-order valence-corrected chi connectivity index (χ4v) is 5.02. The van der Waals surface area contributed by atoms with Gasteiger partial charge in [0.15, 0.2) is 0 Å². The van der Waals surface area contributed by atoms with Crippen LogP contribution in [-0.2, 0) is 16.7 Å². The van der Waals surface area contributed by atoms with E-state index in [1.807, 2.05) is 49.8 Å². The minimum atomic E-state index is -0.525. The number of rotatable bonds is 6. The first kappa shape index (κ1) is 27.5. The summed E-state index contributed by atoms with van der Waals surface area (Å²) in [4.78, 5) is 31.0. The number of hydrogen-bond donors (Lipinski definition) is 2. The maximum Gasteiger partial charge on any atom is 0.410 e. The topological polar surface area (TPSA) is 101 Å². The number of fused-ring (bicyclic) bond motifs is 1. The second-order valence-corrected chi connectivity index (χ2v) is 12.0. The van der Waals surface area contributed by atoms with Crippen LogP contribution in [0, 0.1) is 0 Å². The highest BCUT2D eigenvalue weighted by molar-refractivity contribution is 5.95. The van der Waals surface area contributed by atoms with Crippen molar-refractivity contribution in [2.75, 3.05) is 26.7 Å². The molecule has 1 aliphatic rings. The molecule has 2 aromatic heterocycles. The highest BCUT2D eigenvalue weighted by Crippen LogP contribution is 2.34. The van der Waals surface area contributed by atoms with Gasteiger partial charge in [-0.05, 0) is 84.6 Å². The van der Waals surface area contributed by atoms with Crippen molar-refractivity contribution in [3.8, 4) is 5.75 Å². The first-order valence-corrected chi connectivity index (χ1v) is 13.4. The minimum absolute atomic E-state index is 0.122. The van der Waals surface area contributed by atoms with Crippen LogP contribution in [-0.4, -0.2) is 64.0 Å². The zero-order valence-electron chi connectivity index (χ0n) is 23.7. The normalized spacial score (nSPS) is 15.1. The van der Waals surface area contributed by atoms with Gasteiger partial charge in [-0.25, -0.2) is 4.79 Å². The largest absolute Gasteiger partial charge is 0.497 e. The van der Waals surface area contributed by atoms with Crippen molar-refractivity contribution < 1.29 is 19.1 Å². The van der Waals surface area contributed by atoms with Crippen LogP contribution < -0.4 is 10.1 Å². The maximum absolute atomic E-state index is 13.4. The second-order valence-electron chi connectivity index (χ2n) is 12.0. The van der Waals surface area contributed by atoms with Crippen LogP contribution in [0.1, 0.15) is 81.9 Å². The summed E-state index contributed by atoms with van der Waals surface area (Å²) in [6.07, 6.45) is 5.57. The van der Waals surface area contributed by atoms with E-state index in [4.69, 9.17) is 9.47 Å². The Morgan fingerprint density at radius 3 is 2.47 bits per heavy atom. The van der Waals surface area contributed by atoms with E-state index in [2.05, 4.69) is 36.2 Å². The lowest BCUT2D eigenvalue weighted by atomic mass is 9.90. The number of methoxy groups -OCH3 is 1. The highest BCUT2D eigenvalue weighted by Gasteiger charge is 2.33. The molecule has 0 atom stereocenters. The summed E-state index contributed by atoms with van der Waals surface area (Å²) < 4.78 is 12.9. The molecular formula is C29H41N5O4. The number of hydrogen-bond acceptors (Lipinski definition) is 5. The van der Waals surface area contributed by atoms with Crippen LogP contribution in [0.4, 0.5) is 4.79 Å². The Balaban J connectivity index is 1.46. The van der Waals surface area contributed by atoms with Crippen LogP contribution >= 0.6 is 0 Å². The monoisotopic (exact) mass is 523 g/mol. The Morgan fingerprint density at radius 2 is 1.84 bits per heavy atom. The third kappa shape index (κ3) is 6.14. The Bertz CT molecular complexity index is 1290. The number of amides is 2. The first-order chi connectivity index (χ1) is 17.9. The lowest BCUT2D eigenvalue weighted by Crippen LogP contribution is -2.42. The van der Waals surface area contributed by atoms with E-state index in [0.29, 0.717) is 31.6 Å². The Labute approximate surface area is 224 Å². The van der Waals surface area contributed by atoms with Gasteiger partial charge in [-0.3, -0.25) is 9.48 Å². The molecule has 0 radical (unpaired) electrons. The van der Waals surface area contributed by atoms with Crippen LogP contribution in [0.2, 0.25) is 0 Å². The molecule has 1 saturated heterocycles. The zero-order valence-corrected chi connectivity index (χ0v) is 23.7. The van der Waals surface area contributed by atoms with E-state index in [-0.39, 0.29) is 23.5 Å². The molecule has 3 heterocycles. The van der Waals surface area contributed by atoms with Gasteiger partial charge in [0.05, 0.1) is 30.1 Å². The van der Waals surface area contributed by atoms with E-state index < -0.39 is 5.60 Å². The number of benzene rings is 1. The molecule has 9 nitrogen and oxygen atoms in total. The van der Waals surface area contributed by atoms with E-state index in [0.717, 1.165) is 40.8 Å².